The molecule has 0 N–H and O–H groups in total. The highest BCUT2D eigenvalue weighted by Gasteiger charge is 2.00. The molecule has 0 aromatic carbocycles. The molecule has 2 rings (SSSR count). The molecular formula is C20H18. The Balaban J connectivity index is 2.18. The molecule has 0 aliphatic heterocycles. The zero-order chi connectivity index (χ0) is 13.9. The molecule has 98 valence electrons. The topological polar surface area (TPSA) is 0 Å². The monoisotopic (exact) mass is 258 g/mol. The molecule has 20 heavy (non-hydrogen) atoms. The van der Waals surface area contributed by atoms with E-state index in [1.54, 1.807) is 0 Å². The average molecular weight is 258 g/mol. The molecule has 0 saturated heterocycles. The summed E-state index contributed by atoms with van der Waals surface area (Å²) in [7, 11) is 0. The fourth-order valence-electron chi connectivity index (χ4n) is 1.78. The lowest BCUT2D eigenvalue weighted by atomic mass is 10.1. The summed E-state index contributed by atoms with van der Waals surface area (Å²) in [6.07, 6.45) is 36.9. The van der Waals surface area contributed by atoms with Gasteiger partial charge in [0, 0.05) is 0 Å². The minimum Gasteiger partial charge on any atom is -0.0623 e. The number of hydrogen-bond acceptors (Lipinski definition) is 0. The summed E-state index contributed by atoms with van der Waals surface area (Å²) in [6.45, 7) is 0. The molecular weight excluding hydrogens is 240 g/mol. The van der Waals surface area contributed by atoms with Crippen molar-refractivity contribution in [1.82, 2.24) is 0 Å². The molecule has 2 aliphatic rings. The van der Waals surface area contributed by atoms with E-state index < -0.39 is 0 Å². The van der Waals surface area contributed by atoms with Gasteiger partial charge in [-0.3, -0.25) is 0 Å². The summed E-state index contributed by atoms with van der Waals surface area (Å²) in [6, 6.07) is 0. The van der Waals surface area contributed by atoms with Gasteiger partial charge in [-0.25, -0.2) is 0 Å². The molecule has 0 heteroatoms. The largest absolute Gasteiger partial charge is 0.0623 e. The molecule has 0 unspecified atom stereocenters. The van der Waals surface area contributed by atoms with E-state index in [9.17, 15) is 0 Å². The minimum absolute atomic E-state index is 1.23. The number of hydrogen-bond donors (Lipinski definition) is 0. The normalized spacial score (nSPS) is 31.8. The van der Waals surface area contributed by atoms with Crippen LogP contribution in [-0.2, 0) is 0 Å². The van der Waals surface area contributed by atoms with Gasteiger partial charge in [-0.1, -0.05) is 109 Å². The summed E-state index contributed by atoms with van der Waals surface area (Å²) >= 11 is 0. The summed E-state index contributed by atoms with van der Waals surface area (Å²) < 4.78 is 0. The van der Waals surface area contributed by atoms with Crippen molar-refractivity contribution < 1.29 is 0 Å². The Labute approximate surface area is 121 Å². The van der Waals surface area contributed by atoms with Gasteiger partial charge in [0.15, 0.2) is 0 Å². The van der Waals surface area contributed by atoms with E-state index in [0.29, 0.717) is 0 Å². The van der Waals surface area contributed by atoms with Crippen LogP contribution in [0.15, 0.2) is 121 Å². The maximum absolute atomic E-state index is 2.12. The van der Waals surface area contributed by atoms with Gasteiger partial charge >= 0.3 is 0 Å². The van der Waals surface area contributed by atoms with E-state index in [4.69, 9.17) is 0 Å². The Morgan fingerprint density at radius 1 is 0.300 bits per heavy atom. The Morgan fingerprint density at radius 3 is 1.20 bits per heavy atom. The first-order valence-electron chi connectivity index (χ1n) is 6.74. The van der Waals surface area contributed by atoms with E-state index >= 15 is 0 Å². The highest BCUT2D eigenvalue weighted by atomic mass is 14.0. The number of fused-ring (bicyclic) bond motifs is 1. The molecule has 0 bridgehead atoms. The van der Waals surface area contributed by atoms with Crippen molar-refractivity contribution in [2.75, 3.05) is 0 Å². The molecule has 0 fully saturated rings. The molecule has 2 aliphatic carbocycles. The molecule has 0 heterocycles. The summed E-state index contributed by atoms with van der Waals surface area (Å²) in [5.41, 5.74) is 2.47. The quantitative estimate of drug-likeness (QED) is 0.552. The van der Waals surface area contributed by atoms with Crippen molar-refractivity contribution in [3.63, 3.8) is 0 Å². The maximum atomic E-state index is 2.12. The van der Waals surface area contributed by atoms with Gasteiger partial charge in [0.2, 0.25) is 0 Å². The average Bonchev–Trinajstić information content (AvgIpc) is 2.90. The van der Waals surface area contributed by atoms with Crippen molar-refractivity contribution in [1.29, 1.82) is 0 Å². The second-order valence-corrected chi connectivity index (χ2v) is 4.27. The first kappa shape index (κ1) is 13.8. The third-order valence-electron chi connectivity index (χ3n) is 2.77. The van der Waals surface area contributed by atoms with E-state index in [-0.39, 0.29) is 0 Å². The Morgan fingerprint density at radius 2 is 0.650 bits per heavy atom. The van der Waals surface area contributed by atoms with Crippen molar-refractivity contribution in [2.45, 2.75) is 0 Å². The molecule has 0 atom stereocenters. The van der Waals surface area contributed by atoms with Gasteiger partial charge in [0.05, 0.1) is 0 Å². The highest BCUT2D eigenvalue weighted by molar-refractivity contribution is 5.55. The van der Waals surface area contributed by atoms with Crippen LogP contribution in [0.2, 0.25) is 0 Å². The molecule has 0 radical (unpaired) electrons. The van der Waals surface area contributed by atoms with Crippen LogP contribution >= 0.6 is 0 Å². The first-order chi connectivity index (χ1) is 9.97. The maximum Gasteiger partial charge on any atom is -0.0184 e. The third kappa shape index (κ3) is 4.95. The highest BCUT2D eigenvalue weighted by Crippen LogP contribution is 2.19. The smallest absolute Gasteiger partial charge is 0.0184 e. The van der Waals surface area contributed by atoms with Crippen molar-refractivity contribution in [3.05, 3.63) is 121 Å². The molecule has 0 aromatic heterocycles. The lowest BCUT2D eigenvalue weighted by Crippen LogP contribution is -1.76. The van der Waals surface area contributed by atoms with Crippen LogP contribution in [0.3, 0.4) is 0 Å². The molecule has 0 spiro atoms. The second-order valence-electron chi connectivity index (χ2n) is 4.27. The summed E-state index contributed by atoms with van der Waals surface area (Å²) in [5.74, 6) is 0. The Hall–Kier alpha value is -2.60. The van der Waals surface area contributed by atoms with Crippen molar-refractivity contribution in [2.24, 2.45) is 0 Å². The molecule has 0 nitrogen and oxygen atoms in total. The van der Waals surface area contributed by atoms with E-state index in [1.165, 1.54) is 11.1 Å². The van der Waals surface area contributed by atoms with Crippen LogP contribution in [0.1, 0.15) is 0 Å². The lowest BCUT2D eigenvalue weighted by molar-refractivity contribution is 1.60. The van der Waals surface area contributed by atoms with Crippen LogP contribution in [-0.4, -0.2) is 0 Å². The van der Waals surface area contributed by atoms with E-state index in [1.807, 2.05) is 66.8 Å². The predicted octanol–water partition coefficient (Wildman–Crippen LogP) is 5.32. The zero-order valence-corrected chi connectivity index (χ0v) is 11.4. The van der Waals surface area contributed by atoms with Gasteiger partial charge in [-0.15, -0.1) is 0 Å². The number of rotatable bonds is 0. The summed E-state index contributed by atoms with van der Waals surface area (Å²) in [4.78, 5) is 0. The first-order valence-corrected chi connectivity index (χ1v) is 6.74. The third-order valence-corrected chi connectivity index (χ3v) is 2.77. The van der Waals surface area contributed by atoms with Gasteiger partial charge in [-0.05, 0) is 11.1 Å². The molecule has 0 amide bonds. The Kier molecular flexibility index (Phi) is 5.87. The van der Waals surface area contributed by atoms with Gasteiger partial charge < -0.3 is 0 Å². The number of allylic oxidation sites excluding steroid dienone is 20. The van der Waals surface area contributed by atoms with Gasteiger partial charge in [0.25, 0.3) is 0 Å². The van der Waals surface area contributed by atoms with Crippen molar-refractivity contribution >= 4 is 0 Å². The minimum atomic E-state index is 1.23. The summed E-state index contributed by atoms with van der Waals surface area (Å²) in [5, 5.41) is 0. The Bertz CT molecular complexity index is 604. The predicted molar refractivity (Wildman–Crippen MR) is 89.3 cm³/mol. The van der Waals surface area contributed by atoms with Crippen LogP contribution in [0.4, 0.5) is 0 Å². The van der Waals surface area contributed by atoms with Crippen LogP contribution in [0.25, 0.3) is 0 Å². The standard InChI is InChI=1S/C20H18/c1-2-4-6-8-10-12-15-19-17-14-18-20(19)16-13-11-9-7-5-3-1/h1-18H/b2-1-,3-1?,4-2?,5-3-,6-4-,7-5?,8-6?,9-7+,10-8-,11-9?,12-10?,13-11-,15-12-,16-13?,19-15?,20-16-. The van der Waals surface area contributed by atoms with E-state index in [2.05, 4.69) is 42.5 Å². The fraction of sp³-hybridized carbons (Fsp3) is 0. The molecule has 0 aromatic rings. The van der Waals surface area contributed by atoms with Crippen LogP contribution < -0.4 is 0 Å². The fourth-order valence-corrected chi connectivity index (χ4v) is 1.78. The lowest BCUT2D eigenvalue weighted by Gasteiger charge is -1.95. The van der Waals surface area contributed by atoms with Crippen LogP contribution in [0.5, 0.6) is 0 Å². The van der Waals surface area contributed by atoms with Crippen LogP contribution in [0, 0.1) is 0 Å². The van der Waals surface area contributed by atoms with Gasteiger partial charge in [0.1, 0.15) is 0 Å². The SMILES string of the molecule is C1=C/C2=C/C=C\C=C\C=C/C=C\C=C/C=C\C=C/C2=C1. The zero-order valence-electron chi connectivity index (χ0n) is 11.4. The van der Waals surface area contributed by atoms with E-state index in [0.717, 1.165) is 0 Å². The molecule has 0 saturated carbocycles. The van der Waals surface area contributed by atoms with Gasteiger partial charge in [-0.2, -0.15) is 0 Å². The van der Waals surface area contributed by atoms with Crippen molar-refractivity contribution in [3.8, 4) is 0 Å². The second kappa shape index (κ2) is 8.49.